The Hall–Kier alpha value is -1.22. The fraction of sp³-hybridized carbons (Fsp3) is 0.462. The second kappa shape index (κ2) is 5.83. The van der Waals surface area contributed by atoms with Crippen LogP contribution in [0.2, 0.25) is 0 Å². The lowest BCUT2D eigenvalue weighted by Gasteiger charge is -2.18. The standard InChI is InChI=1S/C13H14BrF3N2/c1-12(2,8-18)5-6-19-11-4-3-9(14)7-10(11)13(15,16)17/h3-4,7,19H,5-6H2,1-2H3. The SMILES string of the molecule is CC(C)(C#N)CCNc1ccc(Br)cc1C(F)(F)F. The van der Waals surface area contributed by atoms with Crippen molar-refractivity contribution >= 4 is 21.6 Å². The van der Waals surface area contributed by atoms with Crippen molar-refractivity contribution in [2.24, 2.45) is 5.41 Å². The third-order valence-electron chi connectivity index (χ3n) is 2.66. The van der Waals surface area contributed by atoms with Crippen LogP contribution in [-0.4, -0.2) is 6.54 Å². The smallest absolute Gasteiger partial charge is 0.384 e. The molecule has 1 rings (SSSR count). The van der Waals surface area contributed by atoms with Gasteiger partial charge in [-0.2, -0.15) is 18.4 Å². The highest BCUT2D eigenvalue weighted by molar-refractivity contribution is 9.10. The average Bonchev–Trinajstić information content (AvgIpc) is 2.29. The summed E-state index contributed by atoms with van der Waals surface area (Å²) < 4.78 is 38.9. The summed E-state index contributed by atoms with van der Waals surface area (Å²) in [5.41, 5.74) is -1.23. The van der Waals surface area contributed by atoms with Crippen molar-refractivity contribution in [2.45, 2.75) is 26.4 Å². The van der Waals surface area contributed by atoms with Gasteiger partial charge in [0.15, 0.2) is 0 Å². The van der Waals surface area contributed by atoms with Gasteiger partial charge in [-0.25, -0.2) is 0 Å². The number of hydrogen-bond donors (Lipinski definition) is 1. The number of nitriles is 1. The zero-order valence-electron chi connectivity index (χ0n) is 10.6. The van der Waals surface area contributed by atoms with Gasteiger partial charge in [0.1, 0.15) is 0 Å². The molecule has 19 heavy (non-hydrogen) atoms. The third-order valence-corrected chi connectivity index (χ3v) is 3.15. The molecule has 0 aliphatic rings. The zero-order chi connectivity index (χ0) is 14.7. The summed E-state index contributed by atoms with van der Waals surface area (Å²) in [7, 11) is 0. The van der Waals surface area contributed by atoms with Crippen LogP contribution in [0.5, 0.6) is 0 Å². The Morgan fingerprint density at radius 2 is 1.95 bits per heavy atom. The van der Waals surface area contributed by atoms with Crippen LogP contribution < -0.4 is 5.32 Å². The molecule has 0 spiro atoms. The van der Waals surface area contributed by atoms with Crippen LogP contribution in [0.4, 0.5) is 18.9 Å². The fourth-order valence-electron chi connectivity index (χ4n) is 1.47. The maximum Gasteiger partial charge on any atom is 0.418 e. The number of alkyl halides is 3. The van der Waals surface area contributed by atoms with Gasteiger partial charge < -0.3 is 5.32 Å². The number of rotatable bonds is 4. The van der Waals surface area contributed by atoms with E-state index in [1.165, 1.54) is 6.07 Å². The summed E-state index contributed by atoms with van der Waals surface area (Å²) in [6.45, 7) is 3.81. The normalized spacial score (nSPS) is 12.1. The number of nitrogens with zero attached hydrogens (tertiary/aromatic N) is 1. The molecule has 0 saturated heterocycles. The van der Waals surface area contributed by atoms with Gasteiger partial charge in [0.25, 0.3) is 0 Å². The minimum absolute atomic E-state index is 0.0319. The molecule has 6 heteroatoms. The summed E-state index contributed by atoms with van der Waals surface area (Å²) in [5.74, 6) is 0. The van der Waals surface area contributed by atoms with Crippen LogP contribution >= 0.6 is 15.9 Å². The molecular formula is C13H14BrF3N2. The van der Waals surface area contributed by atoms with E-state index < -0.39 is 17.2 Å². The number of nitrogens with one attached hydrogen (secondary N) is 1. The quantitative estimate of drug-likeness (QED) is 0.856. The average molecular weight is 335 g/mol. The van der Waals surface area contributed by atoms with Crippen molar-refractivity contribution < 1.29 is 13.2 Å². The molecule has 1 N–H and O–H groups in total. The van der Waals surface area contributed by atoms with Crippen LogP contribution in [0.1, 0.15) is 25.8 Å². The number of benzene rings is 1. The Labute approximate surface area is 118 Å². The van der Waals surface area contributed by atoms with Gasteiger partial charge in [0, 0.05) is 16.7 Å². The fourth-order valence-corrected chi connectivity index (χ4v) is 1.83. The molecule has 0 atom stereocenters. The monoisotopic (exact) mass is 334 g/mol. The van der Waals surface area contributed by atoms with Crippen LogP contribution in [0.25, 0.3) is 0 Å². The molecule has 1 aromatic carbocycles. The molecule has 0 unspecified atom stereocenters. The first kappa shape index (κ1) is 15.8. The highest BCUT2D eigenvalue weighted by Gasteiger charge is 2.33. The Bertz CT molecular complexity index is 490. The van der Waals surface area contributed by atoms with E-state index >= 15 is 0 Å². The topological polar surface area (TPSA) is 35.8 Å². The molecule has 0 fully saturated rings. The minimum Gasteiger partial charge on any atom is -0.384 e. The summed E-state index contributed by atoms with van der Waals surface area (Å²) in [6.07, 6.45) is -3.94. The molecule has 0 radical (unpaired) electrons. The summed E-state index contributed by atoms with van der Waals surface area (Å²) in [4.78, 5) is 0. The van der Waals surface area contributed by atoms with E-state index in [0.717, 1.165) is 6.07 Å². The van der Waals surface area contributed by atoms with E-state index in [4.69, 9.17) is 5.26 Å². The predicted octanol–water partition coefficient (Wildman–Crippen LogP) is 4.82. The summed E-state index contributed by atoms with van der Waals surface area (Å²) in [5, 5.41) is 11.6. The Morgan fingerprint density at radius 1 is 1.32 bits per heavy atom. The van der Waals surface area contributed by atoms with Gasteiger partial charge in [-0.1, -0.05) is 15.9 Å². The lowest BCUT2D eigenvalue weighted by atomic mass is 9.91. The van der Waals surface area contributed by atoms with Crippen molar-refractivity contribution in [1.82, 2.24) is 0 Å². The van der Waals surface area contributed by atoms with Gasteiger partial charge in [-0.3, -0.25) is 0 Å². The Morgan fingerprint density at radius 3 is 2.47 bits per heavy atom. The molecular weight excluding hydrogens is 321 g/mol. The molecule has 0 saturated carbocycles. The van der Waals surface area contributed by atoms with E-state index in [0.29, 0.717) is 17.4 Å². The van der Waals surface area contributed by atoms with Crippen LogP contribution in [0.3, 0.4) is 0 Å². The van der Waals surface area contributed by atoms with Crippen LogP contribution in [0, 0.1) is 16.7 Å². The zero-order valence-corrected chi connectivity index (χ0v) is 12.2. The molecule has 0 bridgehead atoms. The number of hydrogen-bond acceptors (Lipinski definition) is 2. The first-order valence-corrected chi connectivity index (χ1v) is 6.47. The Balaban J connectivity index is 2.83. The second-order valence-corrected chi connectivity index (χ2v) is 5.78. The van der Waals surface area contributed by atoms with Crippen molar-refractivity contribution in [3.63, 3.8) is 0 Å². The maximum atomic E-state index is 12.8. The lowest BCUT2D eigenvalue weighted by molar-refractivity contribution is -0.137. The van der Waals surface area contributed by atoms with E-state index in [2.05, 4.69) is 27.3 Å². The first-order chi connectivity index (χ1) is 8.65. The Kier molecular flexibility index (Phi) is 4.86. The van der Waals surface area contributed by atoms with Crippen LogP contribution in [0.15, 0.2) is 22.7 Å². The molecule has 0 heterocycles. The molecule has 0 aromatic heterocycles. The molecule has 104 valence electrons. The van der Waals surface area contributed by atoms with Gasteiger partial charge in [0.05, 0.1) is 17.0 Å². The van der Waals surface area contributed by atoms with Gasteiger partial charge in [0.2, 0.25) is 0 Å². The van der Waals surface area contributed by atoms with E-state index in [9.17, 15) is 13.2 Å². The van der Waals surface area contributed by atoms with Gasteiger partial charge in [-0.05, 0) is 38.5 Å². The lowest BCUT2D eigenvalue weighted by Crippen LogP contribution is -2.17. The van der Waals surface area contributed by atoms with Crippen molar-refractivity contribution in [2.75, 3.05) is 11.9 Å². The molecule has 0 aliphatic carbocycles. The number of anilines is 1. The third kappa shape index (κ3) is 4.75. The van der Waals surface area contributed by atoms with Crippen molar-refractivity contribution in [3.8, 4) is 6.07 Å². The largest absolute Gasteiger partial charge is 0.418 e. The van der Waals surface area contributed by atoms with E-state index in [-0.39, 0.29) is 5.69 Å². The summed E-state index contributed by atoms with van der Waals surface area (Å²) in [6, 6.07) is 6.08. The molecule has 0 aliphatic heterocycles. The minimum atomic E-state index is -4.41. The highest BCUT2D eigenvalue weighted by Crippen LogP contribution is 2.36. The van der Waals surface area contributed by atoms with E-state index in [1.54, 1.807) is 19.9 Å². The second-order valence-electron chi connectivity index (χ2n) is 4.86. The van der Waals surface area contributed by atoms with Crippen molar-refractivity contribution in [3.05, 3.63) is 28.2 Å². The first-order valence-electron chi connectivity index (χ1n) is 5.67. The molecule has 2 nitrogen and oxygen atoms in total. The molecule has 0 amide bonds. The van der Waals surface area contributed by atoms with Gasteiger partial charge in [-0.15, -0.1) is 0 Å². The maximum absolute atomic E-state index is 12.8. The van der Waals surface area contributed by atoms with Crippen LogP contribution in [-0.2, 0) is 6.18 Å². The summed E-state index contributed by atoms with van der Waals surface area (Å²) >= 11 is 3.03. The number of halogens is 4. The van der Waals surface area contributed by atoms with Gasteiger partial charge >= 0.3 is 6.18 Å². The van der Waals surface area contributed by atoms with Crippen molar-refractivity contribution in [1.29, 1.82) is 5.26 Å². The highest BCUT2D eigenvalue weighted by atomic mass is 79.9. The molecule has 1 aromatic rings. The van der Waals surface area contributed by atoms with E-state index in [1.807, 2.05) is 0 Å². The predicted molar refractivity (Wildman–Crippen MR) is 71.6 cm³/mol.